The van der Waals surface area contributed by atoms with Crippen molar-refractivity contribution in [3.05, 3.63) is 35.9 Å². The lowest BCUT2D eigenvalue weighted by molar-refractivity contribution is -0.155. The molecule has 4 unspecified atom stereocenters. The number of carbonyl (C=O) groups excluding carboxylic acids is 2. The summed E-state index contributed by atoms with van der Waals surface area (Å²) >= 11 is 0. The van der Waals surface area contributed by atoms with Gasteiger partial charge in [-0.3, -0.25) is 9.69 Å². The largest absolute Gasteiger partial charge is 0.469 e. The maximum absolute atomic E-state index is 12.4. The number of benzene rings is 1. The van der Waals surface area contributed by atoms with E-state index >= 15 is 0 Å². The molecule has 0 N–H and O–H groups in total. The van der Waals surface area contributed by atoms with Crippen molar-refractivity contribution in [1.82, 2.24) is 4.90 Å². The van der Waals surface area contributed by atoms with E-state index in [4.69, 9.17) is 9.47 Å². The molecule has 4 atom stereocenters. The van der Waals surface area contributed by atoms with E-state index in [2.05, 4.69) is 4.90 Å². The maximum Gasteiger partial charge on any atom is 0.338 e. The molecule has 22 heavy (non-hydrogen) atoms. The number of likely N-dealkylation sites (N-methyl/N-ethyl adjacent to an activating group) is 1. The summed E-state index contributed by atoms with van der Waals surface area (Å²) in [6.07, 6.45) is 2.23. The molecule has 0 aromatic heterocycles. The second kappa shape index (κ2) is 6.08. The summed E-state index contributed by atoms with van der Waals surface area (Å²) in [6, 6.07) is 9.36. The first-order chi connectivity index (χ1) is 10.6. The Bertz CT molecular complexity index is 559. The van der Waals surface area contributed by atoms with Gasteiger partial charge in [-0.1, -0.05) is 18.2 Å². The minimum atomic E-state index is -0.441. The van der Waals surface area contributed by atoms with Crippen LogP contribution in [0.5, 0.6) is 0 Å². The Morgan fingerprint density at radius 1 is 1.18 bits per heavy atom. The smallest absolute Gasteiger partial charge is 0.338 e. The minimum Gasteiger partial charge on any atom is -0.469 e. The summed E-state index contributed by atoms with van der Waals surface area (Å²) in [5, 5.41) is 0. The molecule has 0 spiro atoms. The topological polar surface area (TPSA) is 55.8 Å². The molecule has 2 saturated heterocycles. The van der Waals surface area contributed by atoms with Crippen LogP contribution >= 0.6 is 0 Å². The fourth-order valence-corrected chi connectivity index (χ4v) is 3.73. The molecule has 3 rings (SSSR count). The molecule has 0 radical (unpaired) electrons. The predicted octanol–water partition coefficient (Wildman–Crippen LogP) is 1.87. The van der Waals surface area contributed by atoms with Gasteiger partial charge < -0.3 is 9.47 Å². The lowest BCUT2D eigenvalue weighted by Crippen LogP contribution is -2.54. The van der Waals surface area contributed by atoms with Crippen molar-refractivity contribution < 1.29 is 19.1 Å². The third kappa shape index (κ3) is 2.61. The normalized spacial score (nSPS) is 30.8. The monoisotopic (exact) mass is 303 g/mol. The van der Waals surface area contributed by atoms with Crippen LogP contribution in [0.2, 0.25) is 0 Å². The first-order valence-corrected chi connectivity index (χ1v) is 7.67. The molecule has 0 amide bonds. The summed E-state index contributed by atoms with van der Waals surface area (Å²) in [6.45, 7) is 0. The van der Waals surface area contributed by atoms with Crippen molar-refractivity contribution >= 4 is 11.9 Å². The van der Waals surface area contributed by atoms with E-state index in [0.717, 1.165) is 12.8 Å². The van der Waals surface area contributed by atoms with Crippen LogP contribution in [0.15, 0.2) is 30.3 Å². The second-order valence-corrected chi connectivity index (χ2v) is 6.07. The second-order valence-electron chi connectivity index (χ2n) is 6.07. The Balaban J connectivity index is 1.81. The van der Waals surface area contributed by atoms with Gasteiger partial charge >= 0.3 is 11.9 Å². The Morgan fingerprint density at radius 3 is 2.59 bits per heavy atom. The van der Waals surface area contributed by atoms with Crippen molar-refractivity contribution in [2.45, 2.75) is 37.5 Å². The van der Waals surface area contributed by atoms with Gasteiger partial charge in [-0.25, -0.2) is 4.79 Å². The number of rotatable bonds is 3. The third-order valence-corrected chi connectivity index (χ3v) is 4.95. The van der Waals surface area contributed by atoms with Crippen LogP contribution in [0.25, 0.3) is 0 Å². The van der Waals surface area contributed by atoms with Crippen LogP contribution in [0.4, 0.5) is 0 Å². The van der Waals surface area contributed by atoms with Crippen LogP contribution < -0.4 is 0 Å². The summed E-state index contributed by atoms with van der Waals surface area (Å²) in [4.78, 5) is 26.7. The highest BCUT2D eigenvalue weighted by Crippen LogP contribution is 2.40. The van der Waals surface area contributed by atoms with Crippen LogP contribution in [-0.4, -0.2) is 49.2 Å². The van der Waals surface area contributed by atoms with Crippen molar-refractivity contribution in [2.75, 3.05) is 14.2 Å². The maximum atomic E-state index is 12.4. The van der Waals surface area contributed by atoms with E-state index < -0.39 is 6.10 Å². The number of esters is 2. The van der Waals surface area contributed by atoms with Gasteiger partial charge in [0, 0.05) is 12.1 Å². The molecular formula is C17H21NO4. The molecule has 2 heterocycles. The number of hydrogen-bond donors (Lipinski definition) is 0. The van der Waals surface area contributed by atoms with Crippen molar-refractivity contribution in [3.8, 4) is 0 Å². The van der Waals surface area contributed by atoms with Gasteiger partial charge in [-0.05, 0) is 38.4 Å². The van der Waals surface area contributed by atoms with Crippen LogP contribution in [0.1, 0.15) is 29.6 Å². The summed E-state index contributed by atoms with van der Waals surface area (Å²) in [7, 11) is 3.43. The van der Waals surface area contributed by atoms with E-state index in [-0.39, 0.29) is 23.9 Å². The molecule has 2 fully saturated rings. The van der Waals surface area contributed by atoms with Crippen molar-refractivity contribution in [2.24, 2.45) is 5.92 Å². The SMILES string of the molecule is COC(=O)C1CC2CCC(C1OC(=O)c1ccccc1)N2C. The van der Waals surface area contributed by atoms with Gasteiger partial charge in [0.15, 0.2) is 0 Å². The zero-order valence-electron chi connectivity index (χ0n) is 12.9. The Labute approximate surface area is 130 Å². The molecule has 2 aliphatic heterocycles. The number of nitrogens with zero attached hydrogens (tertiary/aromatic N) is 1. The molecule has 0 aliphatic carbocycles. The van der Waals surface area contributed by atoms with Gasteiger partial charge in [-0.15, -0.1) is 0 Å². The highest BCUT2D eigenvalue weighted by Gasteiger charge is 2.50. The number of fused-ring (bicyclic) bond motifs is 2. The fraction of sp³-hybridized carbons (Fsp3) is 0.529. The number of carbonyl (C=O) groups is 2. The lowest BCUT2D eigenvalue weighted by atomic mass is 9.88. The van der Waals surface area contributed by atoms with E-state index in [1.54, 1.807) is 24.3 Å². The Kier molecular flexibility index (Phi) is 4.16. The van der Waals surface area contributed by atoms with E-state index in [1.165, 1.54) is 7.11 Å². The van der Waals surface area contributed by atoms with Gasteiger partial charge in [0.2, 0.25) is 0 Å². The van der Waals surface area contributed by atoms with Crippen LogP contribution in [0, 0.1) is 5.92 Å². The summed E-state index contributed by atoms with van der Waals surface area (Å²) in [5.41, 5.74) is 0.508. The average Bonchev–Trinajstić information content (AvgIpc) is 2.79. The number of ether oxygens (including phenoxy) is 2. The zero-order chi connectivity index (χ0) is 15.7. The van der Waals surface area contributed by atoms with E-state index in [0.29, 0.717) is 18.0 Å². The number of hydrogen-bond acceptors (Lipinski definition) is 5. The minimum absolute atomic E-state index is 0.0931. The first kappa shape index (κ1) is 15.0. The highest BCUT2D eigenvalue weighted by molar-refractivity contribution is 5.89. The number of piperidine rings is 1. The van der Waals surface area contributed by atoms with Crippen LogP contribution in [0.3, 0.4) is 0 Å². The summed E-state index contributed by atoms with van der Waals surface area (Å²) < 4.78 is 10.7. The quantitative estimate of drug-likeness (QED) is 0.798. The van der Waals surface area contributed by atoms with Gasteiger partial charge in [-0.2, -0.15) is 0 Å². The van der Waals surface area contributed by atoms with Crippen molar-refractivity contribution in [1.29, 1.82) is 0 Å². The Hall–Kier alpha value is -1.88. The van der Waals surface area contributed by atoms with Crippen molar-refractivity contribution in [3.63, 3.8) is 0 Å². The summed E-state index contributed by atoms with van der Waals surface area (Å²) in [5.74, 6) is -1.03. The molecule has 2 aliphatic rings. The first-order valence-electron chi connectivity index (χ1n) is 7.67. The molecule has 0 saturated carbocycles. The average molecular weight is 303 g/mol. The molecule has 1 aromatic carbocycles. The molecule has 2 bridgehead atoms. The molecule has 5 heteroatoms. The van der Waals surface area contributed by atoms with E-state index in [9.17, 15) is 9.59 Å². The fourth-order valence-electron chi connectivity index (χ4n) is 3.73. The van der Waals surface area contributed by atoms with E-state index in [1.807, 2.05) is 13.1 Å². The molecular weight excluding hydrogens is 282 g/mol. The van der Waals surface area contributed by atoms with Crippen LogP contribution in [-0.2, 0) is 14.3 Å². The lowest BCUT2D eigenvalue weighted by Gasteiger charge is -2.40. The van der Waals surface area contributed by atoms with Gasteiger partial charge in [0.05, 0.1) is 18.6 Å². The highest BCUT2D eigenvalue weighted by atomic mass is 16.6. The Morgan fingerprint density at radius 2 is 1.91 bits per heavy atom. The standard InChI is InChI=1S/C17H21NO4/c1-18-12-8-9-14(18)15(13(10-12)17(20)21-2)22-16(19)11-6-4-3-5-7-11/h3-7,12-15H,8-10H2,1-2H3. The van der Waals surface area contributed by atoms with Gasteiger partial charge in [0.25, 0.3) is 0 Å². The molecule has 118 valence electrons. The van der Waals surface area contributed by atoms with Gasteiger partial charge in [0.1, 0.15) is 6.10 Å². The predicted molar refractivity (Wildman–Crippen MR) is 80.3 cm³/mol. The third-order valence-electron chi connectivity index (χ3n) is 4.95. The zero-order valence-corrected chi connectivity index (χ0v) is 12.9. The molecule has 1 aromatic rings. The molecule has 5 nitrogen and oxygen atoms in total. The number of methoxy groups -OCH3 is 1.